The summed E-state index contributed by atoms with van der Waals surface area (Å²) >= 11 is 1.22. The Bertz CT molecular complexity index is 2200. The van der Waals surface area contributed by atoms with Gasteiger partial charge in [-0.3, -0.25) is 14.4 Å². The number of nitrogens with zero attached hydrogens (tertiary/aromatic N) is 2. The summed E-state index contributed by atoms with van der Waals surface area (Å²) in [6.07, 6.45) is 5.74. The van der Waals surface area contributed by atoms with E-state index in [9.17, 15) is 9.90 Å². The number of benzene rings is 4. The lowest BCUT2D eigenvalue weighted by molar-refractivity contribution is -0.348. The lowest BCUT2D eigenvalue weighted by atomic mass is 9.85. The number of hydrogen-bond donors (Lipinski definition) is 5. The fourth-order valence-corrected chi connectivity index (χ4v) is 8.17. The average molecular weight is 771 g/mol. The number of β-amino-alcohol motifs (C(OH)–C–C–N with tert-alkyl or cyclic N) is 1. The van der Waals surface area contributed by atoms with E-state index in [1.54, 1.807) is 6.20 Å². The van der Waals surface area contributed by atoms with Crippen LogP contribution in [0.4, 0.5) is 17.1 Å². The minimum atomic E-state index is -1.15. The standard InChI is InChI=1S/C44H47N7O4S/c45-39-27-37(12-14-40(39)47-28-31-16-23-54-24-17-31)56-49-43(52)38-13-11-35(26-41(38)55-36-25-32-15-18-46-42(32)48-29-36)51-21-19-50(20-22-51)30-44(53,33-7-3-1-4-8-33)34-9-5-2-6-10-34/h1-15,18,25-27,29,31,47,53H,16-17,19-24,28,30,45H2,(H,46,48)(H,49,52)/p+1. The van der Waals surface area contributed by atoms with Gasteiger partial charge in [0.05, 0.1) is 28.5 Å². The fourth-order valence-electron chi connectivity index (χ4n) is 7.53. The number of aromatic nitrogens is 2. The number of aliphatic hydroxyl groups is 1. The van der Waals surface area contributed by atoms with Crippen LogP contribution in [0, 0.1) is 5.92 Å². The molecule has 8 rings (SSSR count). The molecule has 2 aromatic heterocycles. The molecule has 0 radical (unpaired) electrons. The zero-order chi connectivity index (χ0) is 38.3. The van der Waals surface area contributed by atoms with Crippen LogP contribution in [0.5, 0.6) is 11.5 Å². The Balaban J connectivity index is 0.963. The Morgan fingerprint density at radius 2 is 1.66 bits per heavy atom. The van der Waals surface area contributed by atoms with E-state index in [1.165, 1.54) is 11.9 Å². The van der Waals surface area contributed by atoms with Crippen molar-refractivity contribution < 1.29 is 24.4 Å². The van der Waals surface area contributed by atoms with Crippen LogP contribution in [0.1, 0.15) is 34.3 Å². The highest BCUT2D eigenvalue weighted by molar-refractivity contribution is 7.98. The molecule has 4 heterocycles. The van der Waals surface area contributed by atoms with Gasteiger partial charge in [0.25, 0.3) is 11.6 Å². The molecular formula is C44H48N7O4S+. The van der Waals surface area contributed by atoms with Crippen molar-refractivity contribution in [3.05, 3.63) is 138 Å². The lowest BCUT2D eigenvalue weighted by Crippen LogP contribution is -2.51. The van der Waals surface area contributed by atoms with E-state index in [4.69, 9.17) is 15.2 Å². The Morgan fingerprint density at radius 1 is 0.929 bits per heavy atom. The lowest BCUT2D eigenvalue weighted by Gasteiger charge is -2.40. The second-order valence-corrected chi connectivity index (χ2v) is 15.4. The second-order valence-electron chi connectivity index (χ2n) is 14.5. The number of carbonyl (C=O) groups excluding carboxylic acids is 1. The van der Waals surface area contributed by atoms with Crippen LogP contribution in [-0.2, 0) is 10.3 Å². The number of aromatic amines is 2. The van der Waals surface area contributed by atoms with Gasteiger partial charge < -0.3 is 30.5 Å². The van der Waals surface area contributed by atoms with Gasteiger partial charge in [0.2, 0.25) is 0 Å². The second kappa shape index (κ2) is 17.1. The van der Waals surface area contributed by atoms with E-state index in [-0.39, 0.29) is 5.91 Å². The van der Waals surface area contributed by atoms with Crippen LogP contribution in [0.15, 0.2) is 126 Å². The Labute approximate surface area is 331 Å². The monoisotopic (exact) mass is 770 g/mol. The maximum absolute atomic E-state index is 13.8. The Morgan fingerprint density at radius 3 is 2.38 bits per heavy atom. The number of ether oxygens (including phenoxy) is 2. The third-order valence-corrected chi connectivity index (χ3v) is 11.5. The SMILES string of the molecule is Nc1cc(SNC(=O)c2ccc(N3CCN(CC(O)(c4ccccc4)c4ccccc4)CC3)cc2Oc2c[nH+]c3[nH]ccc3c2)ccc1NCC1CCOCC1. The van der Waals surface area contributed by atoms with Crippen molar-refractivity contribution in [1.82, 2.24) is 14.6 Å². The van der Waals surface area contributed by atoms with Crippen LogP contribution < -0.4 is 30.4 Å². The Hall–Kier alpha value is -5.53. The minimum Gasteiger partial charge on any atom is -0.453 e. The zero-order valence-electron chi connectivity index (χ0n) is 31.2. The molecule has 0 atom stereocenters. The molecule has 0 aliphatic carbocycles. The molecule has 1 amide bonds. The molecule has 11 nitrogen and oxygen atoms in total. The predicted octanol–water partition coefficient (Wildman–Crippen LogP) is 6.69. The van der Waals surface area contributed by atoms with Crippen molar-refractivity contribution in [3.63, 3.8) is 0 Å². The highest BCUT2D eigenvalue weighted by Crippen LogP contribution is 2.34. The first-order valence-corrected chi connectivity index (χ1v) is 20.0. The van der Waals surface area contributed by atoms with Gasteiger partial charge in [0.1, 0.15) is 17.5 Å². The number of carbonyl (C=O) groups is 1. The highest BCUT2D eigenvalue weighted by Gasteiger charge is 2.35. The van der Waals surface area contributed by atoms with Crippen molar-refractivity contribution >= 4 is 46.0 Å². The summed E-state index contributed by atoms with van der Waals surface area (Å²) in [5.41, 5.74) is 10.8. The van der Waals surface area contributed by atoms with Crippen LogP contribution in [-0.4, -0.2) is 73.4 Å². The van der Waals surface area contributed by atoms with Crippen molar-refractivity contribution in [2.45, 2.75) is 23.3 Å². The molecule has 56 heavy (non-hydrogen) atoms. The number of amides is 1. The number of nitrogen functional groups attached to an aromatic ring is 1. The molecule has 2 saturated heterocycles. The van der Waals surface area contributed by atoms with E-state index < -0.39 is 5.60 Å². The third kappa shape index (κ3) is 8.63. The van der Waals surface area contributed by atoms with Gasteiger partial charge in [0.15, 0.2) is 5.75 Å². The molecule has 0 spiro atoms. The van der Waals surface area contributed by atoms with Crippen LogP contribution in [0.25, 0.3) is 11.0 Å². The predicted molar refractivity (Wildman–Crippen MR) is 222 cm³/mol. The van der Waals surface area contributed by atoms with E-state index in [0.29, 0.717) is 35.2 Å². The van der Waals surface area contributed by atoms with Gasteiger partial charge in [-0.2, -0.15) is 0 Å². The Kier molecular flexibility index (Phi) is 11.4. The third-order valence-electron chi connectivity index (χ3n) is 10.8. The first-order valence-electron chi connectivity index (χ1n) is 19.2. The summed E-state index contributed by atoms with van der Waals surface area (Å²) in [7, 11) is 0. The van der Waals surface area contributed by atoms with Crippen LogP contribution in [0.2, 0.25) is 0 Å². The topological polar surface area (TPSA) is 142 Å². The smallest absolute Gasteiger partial charge is 0.284 e. The molecule has 12 heteroatoms. The van der Waals surface area contributed by atoms with Gasteiger partial charge >= 0.3 is 0 Å². The first kappa shape index (κ1) is 37.4. The van der Waals surface area contributed by atoms with Crippen molar-refractivity contribution in [1.29, 1.82) is 0 Å². The molecule has 2 aliphatic heterocycles. The molecule has 4 aromatic carbocycles. The number of pyridine rings is 1. The molecule has 7 N–H and O–H groups in total. The summed E-state index contributed by atoms with van der Waals surface area (Å²) in [4.78, 5) is 25.6. The van der Waals surface area contributed by atoms with Crippen molar-refractivity contribution in [2.75, 3.05) is 68.4 Å². The quantitative estimate of drug-likeness (QED) is 0.0642. The summed E-state index contributed by atoms with van der Waals surface area (Å²) < 4.78 is 15.0. The first-order chi connectivity index (χ1) is 27.4. The number of nitrogens with two attached hydrogens (primary N) is 1. The van der Waals surface area contributed by atoms with E-state index in [1.807, 2.05) is 115 Å². The zero-order valence-corrected chi connectivity index (χ0v) is 32.1. The van der Waals surface area contributed by atoms with Crippen LogP contribution in [0.3, 0.4) is 0 Å². The maximum atomic E-state index is 13.8. The summed E-state index contributed by atoms with van der Waals surface area (Å²) in [6.45, 7) is 5.93. The molecule has 2 aliphatic rings. The number of rotatable bonds is 13. The molecular weight excluding hydrogens is 723 g/mol. The normalized spacial score (nSPS) is 15.5. The van der Waals surface area contributed by atoms with Gasteiger partial charge in [-0.15, -0.1) is 0 Å². The van der Waals surface area contributed by atoms with E-state index in [2.05, 4.69) is 29.8 Å². The molecule has 0 unspecified atom stereocenters. The van der Waals surface area contributed by atoms with Crippen LogP contribution >= 0.6 is 11.9 Å². The number of piperazine rings is 1. The number of hydrogen-bond acceptors (Lipinski definition) is 9. The van der Waals surface area contributed by atoms with E-state index in [0.717, 1.165) is 97.2 Å². The maximum Gasteiger partial charge on any atom is 0.284 e. The van der Waals surface area contributed by atoms with Crippen molar-refractivity contribution in [3.8, 4) is 11.5 Å². The highest BCUT2D eigenvalue weighted by atomic mass is 32.2. The molecule has 0 saturated carbocycles. The number of H-pyrrole nitrogens is 2. The van der Waals surface area contributed by atoms with Gasteiger partial charge in [0, 0.05) is 75.2 Å². The number of anilines is 3. The summed E-state index contributed by atoms with van der Waals surface area (Å²) in [5.74, 6) is 1.31. The molecule has 0 bridgehead atoms. The molecule has 6 aromatic rings. The molecule has 2 fully saturated rings. The van der Waals surface area contributed by atoms with Gasteiger partial charge in [-0.1, -0.05) is 60.7 Å². The van der Waals surface area contributed by atoms with E-state index >= 15 is 0 Å². The summed E-state index contributed by atoms with van der Waals surface area (Å²) in [5, 5.41) is 16.6. The molecule has 288 valence electrons. The average Bonchev–Trinajstić information content (AvgIpc) is 3.72. The fraction of sp³-hybridized carbons (Fsp3) is 0.273. The van der Waals surface area contributed by atoms with Gasteiger partial charge in [-0.05, 0) is 78.2 Å². The number of nitrogens with one attached hydrogen (secondary N) is 4. The minimum absolute atomic E-state index is 0.283. The van der Waals surface area contributed by atoms with Gasteiger partial charge in [-0.25, -0.2) is 9.97 Å². The largest absolute Gasteiger partial charge is 0.453 e. The number of fused-ring (bicyclic) bond motifs is 1. The van der Waals surface area contributed by atoms with Crippen molar-refractivity contribution in [2.24, 2.45) is 5.92 Å². The summed E-state index contributed by atoms with van der Waals surface area (Å²) in [6, 6.07) is 35.2.